The molecule has 0 aromatic carbocycles. The van der Waals surface area contributed by atoms with Gasteiger partial charge in [0.25, 0.3) is 0 Å². The molecule has 0 bridgehead atoms. The predicted octanol–water partition coefficient (Wildman–Crippen LogP) is 2.27. The number of nitrogens with two attached hydrogens (primary N) is 1. The Hall–Kier alpha value is -1.40. The number of hydrogen-bond acceptors (Lipinski definition) is 6. The van der Waals surface area contributed by atoms with E-state index in [4.69, 9.17) is 10.9 Å². The molecule has 0 fully saturated rings. The van der Waals surface area contributed by atoms with E-state index in [9.17, 15) is 0 Å². The summed E-state index contributed by atoms with van der Waals surface area (Å²) in [6.45, 7) is 9.37. The van der Waals surface area contributed by atoms with E-state index in [0.29, 0.717) is 11.7 Å². The van der Waals surface area contributed by atoms with Crippen molar-refractivity contribution in [3.8, 4) is 0 Å². The first kappa shape index (κ1) is 17.7. The van der Waals surface area contributed by atoms with Crippen LogP contribution in [0.5, 0.6) is 0 Å². The van der Waals surface area contributed by atoms with Crippen molar-refractivity contribution >= 4 is 11.6 Å². The quantitative estimate of drug-likeness (QED) is 0.434. The zero-order chi connectivity index (χ0) is 15.9. The molecular formula is C15H29N5O. The van der Waals surface area contributed by atoms with Crippen LogP contribution in [-0.4, -0.2) is 28.2 Å². The average molecular weight is 295 g/mol. The molecule has 0 saturated heterocycles. The number of anilines is 2. The lowest BCUT2D eigenvalue weighted by Gasteiger charge is -2.20. The van der Waals surface area contributed by atoms with Gasteiger partial charge in [0, 0.05) is 24.6 Å². The van der Waals surface area contributed by atoms with Gasteiger partial charge in [-0.2, -0.15) is 0 Å². The Morgan fingerprint density at radius 2 is 1.90 bits per heavy atom. The molecule has 120 valence electrons. The molecule has 1 aromatic heterocycles. The van der Waals surface area contributed by atoms with Gasteiger partial charge in [0.15, 0.2) is 0 Å². The second-order valence-electron chi connectivity index (χ2n) is 6.40. The summed E-state index contributed by atoms with van der Waals surface area (Å²) in [6, 6.07) is 1.80. The summed E-state index contributed by atoms with van der Waals surface area (Å²) in [5, 5.41) is 12.5. The number of aromatic nitrogens is 2. The molecule has 1 unspecified atom stereocenters. The van der Waals surface area contributed by atoms with E-state index in [0.717, 1.165) is 37.4 Å². The van der Waals surface area contributed by atoms with Crippen LogP contribution >= 0.6 is 0 Å². The highest BCUT2D eigenvalue weighted by Gasteiger charge is 2.19. The van der Waals surface area contributed by atoms with E-state index in [1.165, 1.54) is 0 Å². The van der Waals surface area contributed by atoms with Gasteiger partial charge in [-0.15, -0.1) is 0 Å². The van der Waals surface area contributed by atoms with Crippen LogP contribution in [0.15, 0.2) is 6.07 Å². The first-order chi connectivity index (χ1) is 9.90. The van der Waals surface area contributed by atoms with Crippen LogP contribution in [-0.2, 0) is 5.41 Å². The lowest BCUT2D eigenvalue weighted by atomic mass is 9.96. The Kier molecular flexibility index (Phi) is 6.84. The van der Waals surface area contributed by atoms with Gasteiger partial charge in [-0.1, -0.05) is 34.1 Å². The summed E-state index contributed by atoms with van der Waals surface area (Å²) >= 11 is 0. The van der Waals surface area contributed by atoms with E-state index >= 15 is 0 Å². The van der Waals surface area contributed by atoms with Crippen LogP contribution in [0.3, 0.4) is 0 Å². The van der Waals surface area contributed by atoms with Crippen LogP contribution < -0.4 is 16.6 Å². The van der Waals surface area contributed by atoms with Gasteiger partial charge in [0.05, 0.1) is 0 Å². The zero-order valence-electron chi connectivity index (χ0n) is 13.6. The van der Waals surface area contributed by atoms with Gasteiger partial charge in [-0.25, -0.2) is 15.8 Å². The number of rotatable bonds is 8. The third-order valence-electron chi connectivity index (χ3n) is 3.35. The smallest absolute Gasteiger partial charge is 0.145 e. The van der Waals surface area contributed by atoms with E-state index in [2.05, 4.69) is 48.4 Å². The summed E-state index contributed by atoms with van der Waals surface area (Å²) in [5.41, 5.74) is 2.45. The minimum absolute atomic E-state index is 0.142. The number of aliphatic hydroxyl groups is 1. The monoisotopic (exact) mass is 295 g/mol. The largest absolute Gasteiger partial charge is 0.396 e. The van der Waals surface area contributed by atoms with Crippen LogP contribution in [0.4, 0.5) is 11.6 Å². The van der Waals surface area contributed by atoms with E-state index < -0.39 is 0 Å². The second kappa shape index (κ2) is 8.14. The number of nitrogen functional groups attached to an aromatic ring is 1. The molecule has 6 heteroatoms. The Bertz CT molecular complexity index is 425. The molecule has 1 aromatic rings. The number of nitrogens with zero attached hydrogens (tertiary/aromatic N) is 2. The summed E-state index contributed by atoms with van der Waals surface area (Å²) < 4.78 is 0. The lowest BCUT2D eigenvalue weighted by Crippen LogP contribution is -2.21. The van der Waals surface area contributed by atoms with Crippen molar-refractivity contribution < 1.29 is 5.11 Å². The molecule has 21 heavy (non-hydrogen) atoms. The highest BCUT2D eigenvalue weighted by atomic mass is 16.3. The van der Waals surface area contributed by atoms with Crippen molar-refractivity contribution in [1.29, 1.82) is 0 Å². The highest BCUT2D eigenvalue weighted by molar-refractivity contribution is 5.47. The third-order valence-corrected chi connectivity index (χ3v) is 3.35. The molecule has 0 saturated carbocycles. The molecule has 1 heterocycles. The summed E-state index contributed by atoms with van der Waals surface area (Å²) in [5.74, 6) is 8.04. The third kappa shape index (κ3) is 5.85. The Morgan fingerprint density at radius 3 is 2.43 bits per heavy atom. The molecule has 0 radical (unpaired) electrons. The number of hydrogen-bond donors (Lipinski definition) is 4. The van der Waals surface area contributed by atoms with Crippen molar-refractivity contribution in [2.75, 3.05) is 23.9 Å². The molecular weight excluding hydrogens is 266 g/mol. The van der Waals surface area contributed by atoms with E-state index in [1.54, 1.807) is 6.07 Å². The zero-order valence-corrected chi connectivity index (χ0v) is 13.6. The fourth-order valence-corrected chi connectivity index (χ4v) is 2.14. The molecule has 1 rings (SSSR count). The maximum absolute atomic E-state index is 9.11. The van der Waals surface area contributed by atoms with Gasteiger partial charge in [0.2, 0.25) is 0 Å². The molecule has 0 aliphatic carbocycles. The van der Waals surface area contributed by atoms with Crippen molar-refractivity contribution in [3.63, 3.8) is 0 Å². The van der Waals surface area contributed by atoms with Gasteiger partial charge >= 0.3 is 0 Å². The topological polar surface area (TPSA) is 96.1 Å². The lowest BCUT2D eigenvalue weighted by molar-refractivity contribution is 0.255. The molecule has 0 amide bonds. The maximum Gasteiger partial charge on any atom is 0.145 e. The number of aliphatic hydroxyl groups excluding tert-OH is 1. The number of hydrazine groups is 1. The number of nitrogens with one attached hydrogen (secondary N) is 2. The van der Waals surface area contributed by atoms with Gasteiger partial charge < -0.3 is 15.8 Å². The van der Waals surface area contributed by atoms with E-state index in [-0.39, 0.29) is 12.0 Å². The van der Waals surface area contributed by atoms with Crippen molar-refractivity contribution in [2.45, 2.75) is 52.4 Å². The van der Waals surface area contributed by atoms with Crippen LogP contribution in [0.2, 0.25) is 0 Å². The van der Waals surface area contributed by atoms with Gasteiger partial charge in [-0.3, -0.25) is 0 Å². The fraction of sp³-hybridized carbons (Fsp3) is 0.733. The molecule has 5 N–H and O–H groups in total. The fourth-order valence-electron chi connectivity index (χ4n) is 2.14. The Balaban J connectivity index is 2.82. The predicted molar refractivity (Wildman–Crippen MR) is 87.1 cm³/mol. The standard InChI is InChI=1S/C15H29N5O/c1-5-6-11(7-8-21)10-17-12-9-13(20-16)19-14(18-12)15(2,3)4/h9,11,21H,5-8,10,16H2,1-4H3,(H2,17,18,19,20). The SMILES string of the molecule is CCCC(CCO)CNc1cc(NN)nc(C(C)(C)C)n1. The average Bonchev–Trinajstić information content (AvgIpc) is 2.44. The first-order valence-corrected chi connectivity index (χ1v) is 7.61. The van der Waals surface area contributed by atoms with Gasteiger partial charge in [-0.05, 0) is 18.8 Å². The Labute approximate surface area is 127 Å². The maximum atomic E-state index is 9.11. The molecule has 0 aliphatic rings. The molecule has 6 nitrogen and oxygen atoms in total. The van der Waals surface area contributed by atoms with Crippen LogP contribution in [0.25, 0.3) is 0 Å². The minimum atomic E-state index is -0.142. The normalized spacial score (nSPS) is 13.0. The van der Waals surface area contributed by atoms with Crippen molar-refractivity contribution in [1.82, 2.24) is 9.97 Å². The van der Waals surface area contributed by atoms with Gasteiger partial charge in [0.1, 0.15) is 17.5 Å². The van der Waals surface area contributed by atoms with Crippen LogP contribution in [0.1, 0.15) is 52.8 Å². The van der Waals surface area contributed by atoms with E-state index in [1.807, 2.05) is 0 Å². The summed E-state index contributed by atoms with van der Waals surface area (Å²) in [4.78, 5) is 8.96. The molecule has 0 spiro atoms. The Morgan fingerprint density at radius 1 is 1.24 bits per heavy atom. The first-order valence-electron chi connectivity index (χ1n) is 7.61. The van der Waals surface area contributed by atoms with Crippen molar-refractivity contribution in [3.05, 3.63) is 11.9 Å². The molecule has 1 atom stereocenters. The highest BCUT2D eigenvalue weighted by Crippen LogP contribution is 2.22. The van der Waals surface area contributed by atoms with Crippen molar-refractivity contribution in [2.24, 2.45) is 11.8 Å². The van der Waals surface area contributed by atoms with Crippen LogP contribution in [0, 0.1) is 5.92 Å². The summed E-state index contributed by atoms with van der Waals surface area (Å²) in [6.07, 6.45) is 3.01. The molecule has 0 aliphatic heterocycles. The minimum Gasteiger partial charge on any atom is -0.396 e. The second-order valence-corrected chi connectivity index (χ2v) is 6.40. The summed E-state index contributed by atoms with van der Waals surface area (Å²) in [7, 11) is 0.